The van der Waals surface area contributed by atoms with E-state index in [0.29, 0.717) is 24.0 Å². The van der Waals surface area contributed by atoms with Crippen LogP contribution < -0.4 is 5.32 Å². The Labute approximate surface area is 98.6 Å². The van der Waals surface area contributed by atoms with E-state index < -0.39 is 0 Å². The number of amides is 1. The first-order chi connectivity index (χ1) is 7.63. The summed E-state index contributed by atoms with van der Waals surface area (Å²) in [6, 6.07) is 0.630. The molecule has 0 bridgehead atoms. The molecular weight excluding hydrogens is 200 g/mol. The van der Waals surface area contributed by atoms with Gasteiger partial charge in [0.05, 0.1) is 12.2 Å². The summed E-state index contributed by atoms with van der Waals surface area (Å²) in [6.45, 7) is 6.56. The molecule has 0 spiro atoms. The highest BCUT2D eigenvalue weighted by Gasteiger charge is 2.45. The second-order valence-corrected chi connectivity index (χ2v) is 5.63. The summed E-state index contributed by atoms with van der Waals surface area (Å²) in [6.07, 6.45) is 5.94. The average Bonchev–Trinajstić information content (AvgIpc) is 2.96. The number of nitrogens with zero attached hydrogens (tertiary/aromatic N) is 1. The molecule has 1 saturated heterocycles. The SMILES string of the molecule is CCCC1NC(CC(C)C)C(=O)N1C1CC1. The van der Waals surface area contributed by atoms with Gasteiger partial charge in [-0.1, -0.05) is 27.2 Å². The molecule has 1 heterocycles. The molecule has 1 N–H and O–H groups in total. The fraction of sp³-hybridized carbons (Fsp3) is 0.923. The Morgan fingerprint density at radius 3 is 2.62 bits per heavy atom. The summed E-state index contributed by atoms with van der Waals surface area (Å²) in [5, 5.41) is 3.52. The largest absolute Gasteiger partial charge is 0.323 e. The topological polar surface area (TPSA) is 32.3 Å². The first-order valence-electron chi connectivity index (χ1n) is 6.71. The highest BCUT2D eigenvalue weighted by Crippen LogP contribution is 2.33. The van der Waals surface area contributed by atoms with Crippen molar-refractivity contribution in [2.45, 2.75) is 71.1 Å². The van der Waals surface area contributed by atoms with E-state index in [1.807, 2.05) is 0 Å². The molecule has 2 atom stereocenters. The van der Waals surface area contributed by atoms with Crippen LogP contribution in [0.1, 0.15) is 52.9 Å². The molecular formula is C13H24N2O. The third-order valence-corrected chi connectivity index (χ3v) is 3.49. The van der Waals surface area contributed by atoms with E-state index in [1.54, 1.807) is 0 Å². The Morgan fingerprint density at radius 1 is 1.44 bits per heavy atom. The summed E-state index contributed by atoms with van der Waals surface area (Å²) < 4.78 is 0. The van der Waals surface area contributed by atoms with Gasteiger partial charge in [0.25, 0.3) is 0 Å². The maximum Gasteiger partial charge on any atom is 0.241 e. The van der Waals surface area contributed by atoms with Crippen molar-refractivity contribution in [2.75, 3.05) is 0 Å². The zero-order valence-electron chi connectivity index (χ0n) is 10.7. The molecule has 1 aliphatic heterocycles. The van der Waals surface area contributed by atoms with Crippen LogP contribution >= 0.6 is 0 Å². The number of hydrogen-bond donors (Lipinski definition) is 1. The van der Waals surface area contributed by atoms with Crippen molar-refractivity contribution < 1.29 is 4.79 Å². The number of rotatable bonds is 5. The van der Waals surface area contributed by atoms with Crippen molar-refractivity contribution in [3.8, 4) is 0 Å². The van der Waals surface area contributed by atoms with Gasteiger partial charge in [0, 0.05) is 6.04 Å². The molecule has 3 heteroatoms. The molecule has 0 aromatic heterocycles. The van der Waals surface area contributed by atoms with Crippen LogP contribution in [0.5, 0.6) is 0 Å². The molecule has 1 aliphatic carbocycles. The van der Waals surface area contributed by atoms with Gasteiger partial charge in [-0.3, -0.25) is 10.1 Å². The van der Waals surface area contributed by atoms with Crippen molar-refractivity contribution in [2.24, 2.45) is 5.92 Å². The third-order valence-electron chi connectivity index (χ3n) is 3.49. The van der Waals surface area contributed by atoms with E-state index in [9.17, 15) is 4.79 Å². The minimum atomic E-state index is 0.0807. The van der Waals surface area contributed by atoms with E-state index >= 15 is 0 Å². The average molecular weight is 224 g/mol. The smallest absolute Gasteiger partial charge is 0.241 e. The maximum absolute atomic E-state index is 12.3. The quantitative estimate of drug-likeness (QED) is 0.776. The van der Waals surface area contributed by atoms with Gasteiger partial charge >= 0.3 is 0 Å². The lowest BCUT2D eigenvalue weighted by Gasteiger charge is -2.23. The van der Waals surface area contributed by atoms with Crippen LogP contribution in [0.3, 0.4) is 0 Å². The molecule has 2 rings (SSSR count). The van der Waals surface area contributed by atoms with Crippen LogP contribution in [0.4, 0.5) is 0 Å². The maximum atomic E-state index is 12.3. The fourth-order valence-corrected chi connectivity index (χ4v) is 2.64. The van der Waals surface area contributed by atoms with Gasteiger partial charge in [0.15, 0.2) is 0 Å². The van der Waals surface area contributed by atoms with Crippen molar-refractivity contribution >= 4 is 5.91 Å². The Balaban J connectivity index is 2.01. The summed E-state index contributed by atoms with van der Waals surface area (Å²) in [4.78, 5) is 14.4. The van der Waals surface area contributed by atoms with Crippen molar-refractivity contribution in [3.63, 3.8) is 0 Å². The lowest BCUT2D eigenvalue weighted by atomic mass is 10.0. The highest BCUT2D eigenvalue weighted by molar-refractivity contribution is 5.85. The fourth-order valence-electron chi connectivity index (χ4n) is 2.64. The monoisotopic (exact) mass is 224 g/mol. The summed E-state index contributed by atoms with van der Waals surface area (Å²) in [7, 11) is 0. The Morgan fingerprint density at radius 2 is 2.12 bits per heavy atom. The van der Waals surface area contributed by atoms with Gasteiger partial charge in [-0.05, 0) is 31.6 Å². The minimum Gasteiger partial charge on any atom is -0.323 e. The Kier molecular flexibility index (Phi) is 3.53. The molecule has 0 aromatic rings. The molecule has 2 aliphatic rings. The Hall–Kier alpha value is -0.570. The summed E-state index contributed by atoms with van der Waals surface area (Å²) in [5.41, 5.74) is 0. The number of carbonyl (C=O) groups excluding carboxylic acids is 1. The normalized spacial score (nSPS) is 30.5. The van der Waals surface area contributed by atoms with E-state index in [1.165, 1.54) is 12.8 Å². The molecule has 16 heavy (non-hydrogen) atoms. The molecule has 0 aromatic carbocycles. The Bertz CT molecular complexity index is 261. The van der Waals surface area contributed by atoms with Crippen LogP contribution in [0.25, 0.3) is 0 Å². The number of carbonyl (C=O) groups is 1. The van der Waals surface area contributed by atoms with Gasteiger partial charge < -0.3 is 4.90 Å². The number of nitrogens with one attached hydrogen (secondary N) is 1. The van der Waals surface area contributed by atoms with Gasteiger partial charge in [-0.15, -0.1) is 0 Å². The molecule has 0 radical (unpaired) electrons. The zero-order valence-corrected chi connectivity index (χ0v) is 10.7. The first kappa shape index (κ1) is 11.9. The zero-order chi connectivity index (χ0) is 11.7. The van der Waals surface area contributed by atoms with E-state index in [4.69, 9.17) is 0 Å². The lowest BCUT2D eigenvalue weighted by Crippen LogP contribution is -2.38. The van der Waals surface area contributed by atoms with E-state index in [2.05, 4.69) is 31.0 Å². The van der Waals surface area contributed by atoms with Gasteiger partial charge in [-0.25, -0.2) is 0 Å². The second-order valence-electron chi connectivity index (χ2n) is 5.63. The van der Waals surface area contributed by atoms with Crippen molar-refractivity contribution in [3.05, 3.63) is 0 Å². The van der Waals surface area contributed by atoms with Crippen LogP contribution in [-0.2, 0) is 4.79 Å². The van der Waals surface area contributed by atoms with Crippen LogP contribution in [0.15, 0.2) is 0 Å². The predicted molar refractivity (Wildman–Crippen MR) is 64.9 cm³/mol. The number of hydrogen-bond acceptors (Lipinski definition) is 2. The molecule has 92 valence electrons. The first-order valence-corrected chi connectivity index (χ1v) is 6.71. The van der Waals surface area contributed by atoms with Crippen molar-refractivity contribution in [1.29, 1.82) is 0 Å². The standard InChI is InChI=1S/C13H24N2O/c1-4-5-12-14-11(8-9(2)3)13(16)15(12)10-6-7-10/h9-12,14H,4-8H2,1-3H3. The lowest BCUT2D eigenvalue weighted by molar-refractivity contribution is -0.130. The van der Waals surface area contributed by atoms with Crippen LogP contribution in [0.2, 0.25) is 0 Å². The molecule has 1 saturated carbocycles. The van der Waals surface area contributed by atoms with E-state index in [0.717, 1.165) is 19.3 Å². The van der Waals surface area contributed by atoms with Gasteiger partial charge in [0.1, 0.15) is 0 Å². The van der Waals surface area contributed by atoms with E-state index in [-0.39, 0.29) is 6.04 Å². The molecule has 2 unspecified atom stereocenters. The van der Waals surface area contributed by atoms with Gasteiger partial charge in [0.2, 0.25) is 5.91 Å². The third kappa shape index (κ3) is 2.40. The highest BCUT2D eigenvalue weighted by atomic mass is 16.2. The van der Waals surface area contributed by atoms with Gasteiger partial charge in [-0.2, -0.15) is 0 Å². The molecule has 1 amide bonds. The molecule has 2 fully saturated rings. The second kappa shape index (κ2) is 4.74. The van der Waals surface area contributed by atoms with Crippen LogP contribution in [0, 0.1) is 5.92 Å². The van der Waals surface area contributed by atoms with Crippen LogP contribution in [-0.4, -0.2) is 29.1 Å². The van der Waals surface area contributed by atoms with Crippen molar-refractivity contribution in [1.82, 2.24) is 10.2 Å². The minimum absolute atomic E-state index is 0.0807. The molecule has 3 nitrogen and oxygen atoms in total. The predicted octanol–water partition coefficient (Wildman–Crippen LogP) is 2.12. The summed E-state index contributed by atoms with van der Waals surface area (Å²) >= 11 is 0. The summed E-state index contributed by atoms with van der Waals surface area (Å²) in [5.74, 6) is 0.942.